The van der Waals surface area contributed by atoms with Gasteiger partial charge in [-0.05, 0) is 42.7 Å². The van der Waals surface area contributed by atoms with Crippen molar-refractivity contribution < 1.29 is 9.84 Å². The van der Waals surface area contributed by atoms with Crippen LogP contribution in [0.2, 0.25) is 10.0 Å². The summed E-state index contributed by atoms with van der Waals surface area (Å²) in [5.74, 6) is 0.523. The molecule has 0 amide bonds. The normalized spacial score (nSPS) is 15.6. The summed E-state index contributed by atoms with van der Waals surface area (Å²) in [5, 5.41) is 14.2. The van der Waals surface area contributed by atoms with Gasteiger partial charge in [-0.15, -0.1) is 0 Å². The Bertz CT molecular complexity index is 1120. The van der Waals surface area contributed by atoms with E-state index in [9.17, 15) is 9.90 Å². The first kappa shape index (κ1) is 21.8. The molecule has 3 heterocycles. The molecular formula is C22H22Cl2N4O3. The zero-order valence-corrected chi connectivity index (χ0v) is 18.2. The van der Waals surface area contributed by atoms with Crippen molar-refractivity contribution in [3.63, 3.8) is 0 Å². The van der Waals surface area contributed by atoms with Gasteiger partial charge in [-0.1, -0.05) is 29.3 Å². The van der Waals surface area contributed by atoms with E-state index in [4.69, 9.17) is 27.9 Å². The molecule has 1 aromatic carbocycles. The molecule has 31 heavy (non-hydrogen) atoms. The van der Waals surface area contributed by atoms with Crippen LogP contribution in [0, 0.1) is 0 Å². The molecule has 2 N–H and O–H groups in total. The summed E-state index contributed by atoms with van der Waals surface area (Å²) in [7, 11) is 0. The minimum atomic E-state index is -0.623. The SMILES string of the molecule is O=c1cc(-c2ccnc(NC3CCOCC3)n2)ccn1C(CO)c1ccc(Cl)cc1Cl. The topological polar surface area (TPSA) is 89.3 Å². The van der Waals surface area contributed by atoms with Gasteiger partial charge in [0.05, 0.1) is 18.3 Å². The summed E-state index contributed by atoms with van der Waals surface area (Å²) in [6, 6.07) is 9.67. The van der Waals surface area contributed by atoms with Crippen LogP contribution in [0.1, 0.15) is 24.4 Å². The molecule has 0 saturated carbocycles. The van der Waals surface area contributed by atoms with Gasteiger partial charge in [-0.25, -0.2) is 9.97 Å². The van der Waals surface area contributed by atoms with Crippen molar-refractivity contribution in [2.45, 2.75) is 24.9 Å². The van der Waals surface area contributed by atoms with Gasteiger partial charge in [0.15, 0.2) is 0 Å². The molecule has 1 aliphatic heterocycles. The van der Waals surface area contributed by atoms with Crippen molar-refractivity contribution in [2.75, 3.05) is 25.1 Å². The lowest BCUT2D eigenvalue weighted by Gasteiger charge is -2.23. The molecule has 1 fully saturated rings. The number of anilines is 1. The highest BCUT2D eigenvalue weighted by molar-refractivity contribution is 6.35. The third-order valence-corrected chi connectivity index (χ3v) is 5.85. The Balaban J connectivity index is 1.60. The smallest absolute Gasteiger partial charge is 0.251 e. The summed E-state index contributed by atoms with van der Waals surface area (Å²) in [5.41, 5.74) is 1.64. The maximum absolute atomic E-state index is 12.9. The molecule has 0 radical (unpaired) electrons. The van der Waals surface area contributed by atoms with Crippen LogP contribution in [0.3, 0.4) is 0 Å². The lowest BCUT2D eigenvalue weighted by atomic mass is 10.1. The zero-order chi connectivity index (χ0) is 21.8. The average Bonchev–Trinajstić information content (AvgIpc) is 2.77. The minimum Gasteiger partial charge on any atom is -0.394 e. The van der Waals surface area contributed by atoms with Crippen LogP contribution in [0.5, 0.6) is 0 Å². The molecule has 1 atom stereocenters. The van der Waals surface area contributed by atoms with Gasteiger partial charge < -0.3 is 19.7 Å². The first-order chi connectivity index (χ1) is 15.0. The number of rotatable bonds is 6. The maximum Gasteiger partial charge on any atom is 0.251 e. The van der Waals surface area contributed by atoms with E-state index < -0.39 is 6.04 Å². The molecule has 1 unspecified atom stereocenters. The second-order valence-corrected chi connectivity index (χ2v) is 8.17. The van der Waals surface area contributed by atoms with Crippen LogP contribution in [0.4, 0.5) is 5.95 Å². The number of nitrogens with zero attached hydrogens (tertiary/aromatic N) is 3. The van der Waals surface area contributed by atoms with Gasteiger partial charge in [-0.2, -0.15) is 0 Å². The van der Waals surface area contributed by atoms with Crippen LogP contribution in [-0.4, -0.2) is 45.5 Å². The number of aliphatic hydroxyl groups excluding tert-OH is 1. The van der Waals surface area contributed by atoms with Crippen molar-refractivity contribution in [3.8, 4) is 11.3 Å². The Kier molecular flexibility index (Phi) is 6.87. The first-order valence-corrected chi connectivity index (χ1v) is 10.8. The largest absolute Gasteiger partial charge is 0.394 e. The fourth-order valence-electron chi connectivity index (χ4n) is 3.63. The molecule has 2 aromatic heterocycles. The quantitative estimate of drug-likeness (QED) is 0.581. The number of benzene rings is 1. The molecule has 4 rings (SSSR count). The van der Waals surface area contributed by atoms with E-state index in [1.54, 1.807) is 42.7 Å². The van der Waals surface area contributed by atoms with Gasteiger partial charge >= 0.3 is 0 Å². The van der Waals surface area contributed by atoms with Gasteiger partial charge in [0.2, 0.25) is 5.95 Å². The summed E-state index contributed by atoms with van der Waals surface area (Å²) in [4.78, 5) is 21.7. The Morgan fingerprint density at radius 2 is 2.00 bits per heavy atom. The van der Waals surface area contributed by atoms with E-state index in [1.807, 2.05) is 0 Å². The number of halogens is 2. The molecule has 1 saturated heterocycles. The number of hydrogen-bond donors (Lipinski definition) is 2. The highest BCUT2D eigenvalue weighted by atomic mass is 35.5. The van der Waals surface area contributed by atoms with Gasteiger partial charge in [0.25, 0.3) is 5.56 Å². The van der Waals surface area contributed by atoms with E-state index in [1.165, 1.54) is 10.6 Å². The van der Waals surface area contributed by atoms with Gasteiger partial charge in [0.1, 0.15) is 0 Å². The molecular weight excluding hydrogens is 439 g/mol. The standard InChI is InChI=1S/C22H22Cl2N4O3/c23-15-1-2-17(18(24)12-15)20(13-29)28-8-4-14(11-21(28)30)19-3-7-25-22(27-19)26-16-5-9-31-10-6-16/h1-4,7-8,11-12,16,20,29H,5-6,9-10,13H2,(H,25,26,27). The van der Waals surface area contributed by atoms with Crippen LogP contribution in [0.25, 0.3) is 11.3 Å². The highest BCUT2D eigenvalue weighted by Crippen LogP contribution is 2.28. The Morgan fingerprint density at radius 1 is 1.19 bits per heavy atom. The fourth-order valence-corrected chi connectivity index (χ4v) is 4.16. The van der Waals surface area contributed by atoms with Crippen molar-refractivity contribution in [2.24, 2.45) is 0 Å². The number of ether oxygens (including phenoxy) is 1. The van der Waals surface area contributed by atoms with Crippen LogP contribution in [-0.2, 0) is 4.74 Å². The predicted octanol–water partition coefficient (Wildman–Crippen LogP) is 3.78. The monoisotopic (exact) mass is 460 g/mol. The minimum absolute atomic E-state index is 0.270. The van der Waals surface area contributed by atoms with E-state index in [-0.39, 0.29) is 18.2 Å². The number of pyridine rings is 1. The molecule has 3 aromatic rings. The van der Waals surface area contributed by atoms with E-state index in [0.29, 0.717) is 32.8 Å². The Hall–Kier alpha value is -2.45. The third-order valence-electron chi connectivity index (χ3n) is 5.28. The second kappa shape index (κ2) is 9.78. The van der Waals surface area contributed by atoms with Crippen molar-refractivity contribution >= 4 is 29.2 Å². The summed E-state index contributed by atoms with van der Waals surface area (Å²) in [6.07, 6.45) is 5.11. The summed E-state index contributed by atoms with van der Waals surface area (Å²) < 4.78 is 6.82. The van der Waals surface area contributed by atoms with E-state index >= 15 is 0 Å². The molecule has 7 nitrogen and oxygen atoms in total. The van der Waals surface area contributed by atoms with Crippen LogP contribution >= 0.6 is 23.2 Å². The molecule has 0 spiro atoms. The van der Waals surface area contributed by atoms with Crippen LogP contribution in [0.15, 0.2) is 53.6 Å². The lowest BCUT2D eigenvalue weighted by Crippen LogP contribution is -2.28. The Morgan fingerprint density at radius 3 is 2.71 bits per heavy atom. The number of hydrogen-bond acceptors (Lipinski definition) is 6. The predicted molar refractivity (Wildman–Crippen MR) is 121 cm³/mol. The molecule has 0 aliphatic carbocycles. The van der Waals surface area contributed by atoms with Gasteiger partial charge in [-0.3, -0.25) is 4.79 Å². The highest BCUT2D eigenvalue weighted by Gasteiger charge is 2.18. The number of aliphatic hydroxyl groups is 1. The van der Waals surface area contributed by atoms with Crippen LogP contribution < -0.4 is 10.9 Å². The Labute approximate surface area is 189 Å². The lowest BCUT2D eigenvalue weighted by molar-refractivity contribution is 0.0903. The zero-order valence-electron chi connectivity index (χ0n) is 16.7. The summed E-state index contributed by atoms with van der Waals surface area (Å²) >= 11 is 12.3. The molecule has 162 valence electrons. The molecule has 9 heteroatoms. The molecule has 1 aliphatic rings. The van der Waals surface area contributed by atoms with Crippen molar-refractivity contribution in [1.82, 2.24) is 14.5 Å². The number of aromatic nitrogens is 3. The van der Waals surface area contributed by atoms with Crippen molar-refractivity contribution in [1.29, 1.82) is 0 Å². The molecule has 0 bridgehead atoms. The average molecular weight is 461 g/mol. The van der Waals surface area contributed by atoms with Gasteiger partial charge in [0, 0.05) is 53.3 Å². The fraction of sp³-hybridized carbons (Fsp3) is 0.318. The third kappa shape index (κ3) is 5.07. The van der Waals surface area contributed by atoms with Crippen molar-refractivity contribution in [3.05, 3.63) is 74.8 Å². The second-order valence-electron chi connectivity index (χ2n) is 7.32. The van der Waals surface area contributed by atoms with E-state index in [2.05, 4.69) is 15.3 Å². The number of nitrogens with one attached hydrogen (secondary N) is 1. The first-order valence-electron chi connectivity index (χ1n) is 10.0. The summed E-state index contributed by atoms with van der Waals surface area (Å²) in [6.45, 7) is 1.16. The van der Waals surface area contributed by atoms with E-state index in [0.717, 1.165) is 26.1 Å². The maximum atomic E-state index is 12.9.